The van der Waals surface area contributed by atoms with Crippen LogP contribution in [0.4, 0.5) is 5.69 Å². The number of hydrogen-bond donors (Lipinski definition) is 1. The first-order chi connectivity index (χ1) is 12.5. The number of methoxy groups -OCH3 is 1. The van der Waals surface area contributed by atoms with Crippen molar-refractivity contribution in [3.8, 4) is 5.75 Å². The van der Waals surface area contributed by atoms with E-state index in [4.69, 9.17) is 16.3 Å². The fourth-order valence-electron chi connectivity index (χ4n) is 3.00. The second-order valence-corrected chi connectivity index (χ2v) is 6.83. The lowest BCUT2D eigenvalue weighted by atomic mass is 10.1. The van der Waals surface area contributed by atoms with Crippen molar-refractivity contribution in [1.29, 1.82) is 0 Å². The summed E-state index contributed by atoms with van der Waals surface area (Å²) in [7, 11) is 1.54. The van der Waals surface area contributed by atoms with E-state index in [1.54, 1.807) is 23.1 Å². The molecule has 3 rings (SSSR count). The molecular formula is C20H21ClN2O3. The van der Waals surface area contributed by atoms with E-state index in [1.807, 2.05) is 31.2 Å². The Balaban J connectivity index is 1.62. The van der Waals surface area contributed by atoms with Gasteiger partial charge in [-0.05, 0) is 30.7 Å². The maximum Gasteiger partial charge on any atom is 0.227 e. The van der Waals surface area contributed by atoms with Crippen LogP contribution in [0.25, 0.3) is 0 Å². The summed E-state index contributed by atoms with van der Waals surface area (Å²) in [6.07, 6.45) is 0.198. The number of carbonyl (C=O) groups excluding carboxylic acids is 2. The summed E-state index contributed by atoms with van der Waals surface area (Å²) in [5, 5.41) is 3.35. The van der Waals surface area contributed by atoms with E-state index >= 15 is 0 Å². The lowest BCUT2D eigenvalue weighted by Gasteiger charge is -2.18. The second-order valence-electron chi connectivity index (χ2n) is 6.43. The van der Waals surface area contributed by atoms with Crippen molar-refractivity contribution in [3.63, 3.8) is 0 Å². The molecule has 2 aromatic carbocycles. The van der Waals surface area contributed by atoms with Gasteiger partial charge in [0, 0.05) is 25.2 Å². The van der Waals surface area contributed by atoms with Crippen LogP contribution < -0.4 is 15.0 Å². The molecule has 2 amide bonds. The molecule has 0 saturated carbocycles. The number of ether oxygens (including phenoxy) is 1. The van der Waals surface area contributed by atoms with E-state index in [1.165, 1.54) is 12.7 Å². The number of halogens is 1. The lowest BCUT2D eigenvalue weighted by Crippen LogP contribution is -2.32. The molecule has 1 heterocycles. The van der Waals surface area contributed by atoms with Crippen molar-refractivity contribution >= 4 is 29.1 Å². The zero-order chi connectivity index (χ0) is 18.7. The molecule has 1 fully saturated rings. The molecule has 5 nitrogen and oxygen atoms in total. The molecule has 1 aliphatic heterocycles. The van der Waals surface area contributed by atoms with Gasteiger partial charge in [-0.3, -0.25) is 9.59 Å². The third-order valence-corrected chi connectivity index (χ3v) is 4.83. The first kappa shape index (κ1) is 18.3. The summed E-state index contributed by atoms with van der Waals surface area (Å²) >= 11 is 6.14. The molecular weight excluding hydrogens is 352 g/mol. The molecule has 0 aliphatic carbocycles. The highest BCUT2D eigenvalue weighted by Crippen LogP contribution is 2.32. The highest BCUT2D eigenvalue weighted by Gasteiger charge is 2.35. The molecule has 136 valence electrons. The number of nitrogens with one attached hydrogen (secondary N) is 1. The third kappa shape index (κ3) is 3.99. The van der Waals surface area contributed by atoms with Gasteiger partial charge in [0.15, 0.2) is 0 Å². The van der Waals surface area contributed by atoms with E-state index in [0.29, 0.717) is 29.5 Å². The van der Waals surface area contributed by atoms with Gasteiger partial charge in [-0.2, -0.15) is 0 Å². The van der Waals surface area contributed by atoms with Crippen molar-refractivity contribution in [3.05, 3.63) is 58.6 Å². The van der Waals surface area contributed by atoms with Gasteiger partial charge in [0.05, 0.1) is 18.1 Å². The summed E-state index contributed by atoms with van der Waals surface area (Å²) in [4.78, 5) is 26.4. The Morgan fingerprint density at radius 3 is 2.65 bits per heavy atom. The minimum atomic E-state index is -0.367. The van der Waals surface area contributed by atoms with Crippen LogP contribution in [0.1, 0.15) is 17.5 Å². The summed E-state index contributed by atoms with van der Waals surface area (Å²) < 4.78 is 5.13. The Hall–Kier alpha value is -2.53. The molecule has 2 aromatic rings. The first-order valence-electron chi connectivity index (χ1n) is 8.45. The predicted molar refractivity (Wildman–Crippen MR) is 101 cm³/mol. The third-order valence-electron chi connectivity index (χ3n) is 4.53. The van der Waals surface area contributed by atoms with Crippen molar-refractivity contribution in [1.82, 2.24) is 5.32 Å². The van der Waals surface area contributed by atoms with Gasteiger partial charge in [0.1, 0.15) is 5.75 Å². The van der Waals surface area contributed by atoms with E-state index in [0.717, 1.165) is 5.56 Å². The standard InChI is InChI=1S/C20H21ClN2O3/c1-13-3-5-14(6-4-13)11-22-20(25)15-9-19(24)23(12-15)16-7-8-18(26-2)17(21)10-16/h3-8,10,15H,9,11-12H2,1-2H3,(H,22,25). The van der Waals surface area contributed by atoms with Crippen molar-refractivity contribution < 1.29 is 14.3 Å². The van der Waals surface area contributed by atoms with Crippen LogP contribution in [-0.4, -0.2) is 25.5 Å². The number of aryl methyl sites for hydroxylation is 1. The minimum Gasteiger partial charge on any atom is -0.495 e. The highest BCUT2D eigenvalue weighted by molar-refractivity contribution is 6.32. The molecule has 1 unspecified atom stereocenters. The van der Waals surface area contributed by atoms with Gasteiger partial charge in [-0.25, -0.2) is 0 Å². The van der Waals surface area contributed by atoms with Crippen LogP contribution in [0.2, 0.25) is 5.02 Å². The molecule has 26 heavy (non-hydrogen) atoms. The smallest absolute Gasteiger partial charge is 0.227 e. The maximum atomic E-state index is 12.4. The SMILES string of the molecule is COc1ccc(N2CC(C(=O)NCc3ccc(C)cc3)CC2=O)cc1Cl. The number of rotatable bonds is 5. The Morgan fingerprint density at radius 1 is 1.27 bits per heavy atom. The van der Waals surface area contributed by atoms with Crippen molar-refractivity contribution in [2.75, 3.05) is 18.6 Å². The quantitative estimate of drug-likeness (QED) is 0.875. The van der Waals surface area contributed by atoms with Gasteiger partial charge >= 0.3 is 0 Å². The number of carbonyl (C=O) groups is 2. The van der Waals surface area contributed by atoms with Crippen molar-refractivity contribution in [2.45, 2.75) is 19.9 Å². The Bertz CT molecular complexity index is 820. The number of benzene rings is 2. The van der Waals surface area contributed by atoms with Crippen LogP contribution in [0.3, 0.4) is 0 Å². The van der Waals surface area contributed by atoms with Gasteiger partial charge in [0.2, 0.25) is 11.8 Å². The van der Waals surface area contributed by atoms with E-state index in [2.05, 4.69) is 5.32 Å². The maximum absolute atomic E-state index is 12.4. The average Bonchev–Trinajstić information content (AvgIpc) is 3.03. The predicted octanol–water partition coefficient (Wildman–Crippen LogP) is 3.33. The highest BCUT2D eigenvalue weighted by atomic mass is 35.5. The Morgan fingerprint density at radius 2 is 2.00 bits per heavy atom. The normalized spacial score (nSPS) is 16.7. The fourth-order valence-corrected chi connectivity index (χ4v) is 3.25. The topological polar surface area (TPSA) is 58.6 Å². The summed E-state index contributed by atoms with van der Waals surface area (Å²) in [6.45, 7) is 2.83. The van der Waals surface area contributed by atoms with Crippen LogP contribution >= 0.6 is 11.6 Å². The van der Waals surface area contributed by atoms with E-state index in [-0.39, 0.29) is 24.2 Å². The Kier molecular flexibility index (Phi) is 5.47. The molecule has 0 radical (unpaired) electrons. The Labute approximate surface area is 157 Å². The van der Waals surface area contributed by atoms with Gasteiger partial charge in [-0.1, -0.05) is 41.4 Å². The molecule has 1 N–H and O–H groups in total. The first-order valence-corrected chi connectivity index (χ1v) is 8.83. The number of hydrogen-bond acceptors (Lipinski definition) is 3. The zero-order valence-electron chi connectivity index (χ0n) is 14.8. The zero-order valence-corrected chi connectivity index (χ0v) is 15.5. The van der Waals surface area contributed by atoms with Crippen LogP contribution in [0.15, 0.2) is 42.5 Å². The lowest BCUT2D eigenvalue weighted by molar-refractivity contribution is -0.126. The summed E-state index contributed by atoms with van der Waals surface area (Å²) in [5.74, 6) is -0.00830. The second kappa shape index (κ2) is 7.79. The number of nitrogens with zero attached hydrogens (tertiary/aromatic N) is 1. The van der Waals surface area contributed by atoms with Crippen LogP contribution in [-0.2, 0) is 16.1 Å². The van der Waals surface area contributed by atoms with E-state index in [9.17, 15) is 9.59 Å². The van der Waals surface area contributed by atoms with E-state index < -0.39 is 0 Å². The molecule has 0 bridgehead atoms. The van der Waals surface area contributed by atoms with Gasteiger partial charge in [0.25, 0.3) is 0 Å². The largest absolute Gasteiger partial charge is 0.495 e. The summed E-state index contributed by atoms with van der Waals surface area (Å²) in [5.41, 5.74) is 2.89. The molecule has 1 atom stereocenters. The van der Waals surface area contributed by atoms with Gasteiger partial charge < -0.3 is 15.0 Å². The average molecular weight is 373 g/mol. The minimum absolute atomic E-state index is 0.0817. The van der Waals surface area contributed by atoms with Crippen LogP contribution in [0, 0.1) is 12.8 Å². The molecule has 6 heteroatoms. The number of anilines is 1. The van der Waals surface area contributed by atoms with Crippen molar-refractivity contribution in [2.24, 2.45) is 5.92 Å². The summed E-state index contributed by atoms with van der Waals surface area (Å²) in [6, 6.07) is 13.2. The molecule has 0 spiro atoms. The van der Waals surface area contributed by atoms with Crippen LogP contribution in [0.5, 0.6) is 5.75 Å². The van der Waals surface area contributed by atoms with Gasteiger partial charge in [-0.15, -0.1) is 0 Å². The molecule has 0 aromatic heterocycles. The monoisotopic (exact) mass is 372 g/mol. The number of amides is 2. The molecule has 1 saturated heterocycles. The molecule has 1 aliphatic rings. The fraction of sp³-hybridized carbons (Fsp3) is 0.300.